The topological polar surface area (TPSA) is 86.3 Å². The van der Waals surface area contributed by atoms with Gasteiger partial charge in [-0.15, -0.1) is 5.10 Å². The monoisotopic (exact) mass is 225 g/mol. The second kappa shape index (κ2) is 5.04. The van der Waals surface area contributed by atoms with Crippen molar-refractivity contribution in [3.63, 3.8) is 0 Å². The van der Waals surface area contributed by atoms with E-state index in [4.69, 9.17) is 10.5 Å². The minimum Gasteiger partial charge on any atom is -0.378 e. The molecule has 0 radical (unpaired) electrons. The maximum atomic E-state index is 11.9. The van der Waals surface area contributed by atoms with Crippen molar-refractivity contribution in [2.75, 3.05) is 32.8 Å². The number of hydrogen-bond donors (Lipinski definition) is 1. The highest BCUT2D eigenvalue weighted by atomic mass is 16.5. The highest BCUT2D eigenvalue weighted by Crippen LogP contribution is 2.04. The number of carbonyl (C=O) groups excluding carboxylic acids is 1. The molecular weight excluding hydrogens is 210 g/mol. The summed E-state index contributed by atoms with van der Waals surface area (Å²) in [5.41, 5.74) is 5.76. The summed E-state index contributed by atoms with van der Waals surface area (Å²) in [4.78, 5) is 13.7. The van der Waals surface area contributed by atoms with Crippen LogP contribution in [0.3, 0.4) is 0 Å². The molecule has 1 amide bonds. The summed E-state index contributed by atoms with van der Waals surface area (Å²) in [6, 6.07) is 0. The number of rotatable bonds is 3. The SMILES string of the molecule is NCCn1cc(C(=O)N2CCOCC2)nn1. The van der Waals surface area contributed by atoms with E-state index in [0.717, 1.165) is 0 Å². The zero-order chi connectivity index (χ0) is 11.4. The van der Waals surface area contributed by atoms with Gasteiger partial charge in [0.2, 0.25) is 0 Å². The summed E-state index contributed by atoms with van der Waals surface area (Å²) < 4.78 is 6.75. The third-order valence-electron chi connectivity index (χ3n) is 2.41. The number of aromatic nitrogens is 3. The molecule has 1 aliphatic heterocycles. The van der Waals surface area contributed by atoms with Gasteiger partial charge in [-0.25, -0.2) is 0 Å². The lowest BCUT2D eigenvalue weighted by Gasteiger charge is -2.25. The van der Waals surface area contributed by atoms with Gasteiger partial charge in [0.1, 0.15) is 0 Å². The molecule has 16 heavy (non-hydrogen) atoms. The summed E-state index contributed by atoms with van der Waals surface area (Å²) in [6.07, 6.45) is 1.63. The average molecular weight is 225 g/mol. The summed E-state index contributed by atoms with van der Waals surface area (Å²) in [5, 5.41) is 7.67. The Balaban J connectivity index is 2.01. The van der Waals surface area contributed by atoms with Gasteiger partial charge in [0.05, 0.1) is 26.0 Å². The summed E-state index contributed by atoms with van der Waals surface area (Å²) in [7, 11) is 0. The highest BCUT2D eigenvalue weighted by Gasteiger charge is 2.20. The van der Waals surface area contributed by atoms with Gasteiger partial charge in [-0.1, -0.05) is 5.21 Å². The quantitative estimate of drug-likeness (QED) is 0.691. The van der Waals surface area contributed by atoms with E-state index in [1.54, 1.807) is 15.8 Å². The maximum absolute atomic E-state index is 11.9. The van der Waals surface area contributed by atoms with Gasteiger partial charge in [-0.05, 0) is 0 Å². The van der Waals surface area contributed by atoms with Gasteiger partial charge in [-0.2, -0.15) is 0 Å². The molecule has 7 heteroatoms. The van der Waals surface area contributed by atoms with Crippen LogP contribution in [0.25, 0.3) is 0 Å². The number of nitrogens with two attached hydrogens (primary N) is 1. The number of amides is 1. The molecule has 0 saturated carbocycles. The molecule has 7 nitrogen and oxygen atoms in total. The second-order valence-corrected chi connectivity index (χ2v) is 3.56. The average Bonchev–Trinajstić information content (AvgIpc) is 2.78. The van der Waals surface area contributed by atoms with Gasteiger partial charge in [-0.3, -0.25) is 9.48 Å². The van der Waals surface area contributed by atoms with Gasteiger partial charge >= 0.3 is 0 Å². The van der Waals surface area contributed by atoms with E-state index in [0.29, 0.717) is 45.1 Å². The van der Waals surface area contributed by atoms with Crippen LogP contribution in [0.1, 0.15) is 10.5 Å². The Morgan fingerprint density at radius 1 is 1.50 bits per heavy atom. The van der Waals surface area contributed by atoms with Crippen LogP contribution in [0.5, 0.6) is 0 Å². The van der Waals surface area contributed by atoms with E-state index in [1.807, 2.05) is 0 Å². The number of nitrogens with zero attached hydrogens (tertiary/aromatic N) is 4. The van der Waals surface area contributed by atoms with E-state index in [1.165, 1.54) is 0 Å². The molecule has 0 spiro atoms. The van der Waals surface area contributed by atoms with Crippen molar-refractivity contribution >= 4 is 5.91 Å². The lowest BCUT2D eigenvalue weighted by Crippen LogP contribution is -2.40. The molecule has 0 bridgehead atoms. The van der Waals surface area contributed by atoms with Crippen molar-refractivity contribution < 1.29 is 9.53 Å². The predicted octanol–water partition coefficient (Wildman–Crippen LogP) is -1.29. The Morgan fingerprint density at radius 2 is 2.25 bits per heavy atom. The fourth-order valence-electron chi connectivity index (χ4n) is 1.57. The van der Waals surface area contributed by atoms with E-state index in [-0.39, 0.29) is 5.91 Å². The van der Waals surface area contributed by atoms with Crippen LogP contribution in [-0.2, 0) is 11.3 Å². The molecule has 1 aromatic heterocycles. The van der Waals surface area contributed by atoms with Crippen molar-refractivity contribution in [1.82, 2.24) is 19.9 Å². The summed E-state index contributed by atoms with van der Waals surface area (Å²) >= 11 is 0. The van der Waals surface area contributed by atoms with Gasteiger partial charge in [0.25, 0.3) is 5.91 Å². The molecular formula is C9H15N5O2. The first kappa shape index (κ1) is 11.0. The number of ether oxygens (including phenoxy) is 1. The lowest BCUT2D eigenvalue weighted by atomic mass is 10.3. The zero-order valence-corrected chi connectivity index (χ0v) is 9.00. The Kier molecular flexibility index (Phi) is 3.47. The van der Waals surface area contributed by atoms with E-state index in [9.17, 15) is 4.79 Å². The molecule has 0 aromatic carbocycles. The Hall–Kier alpha value is -1.47. The molecule has 2 rings (SSSR count). The van der Waals surface area contributed by atoms with Crippen LogP contribution in [-0.4, -0.2) is 58.6 Å². The molecule has 1 aliphatic rings. The number of hydrogen-bond acceptors (Lipinski definition) is 5. The van der Waals surface area contributed by atoms with Crippen LogP contribution in [0.4, 0.5) is 0 Å². The standard InChI is InChI=1S/C9H15N5O2/c10-1-2-14-7-8(11-12-14)9(15)13-3-5-16-6-4-13/h7H,1-6,10H2. The molecule has 1 fully saturated rings. The van der Waals surface area contributed by atoms with Gasteiger partial charge in [0.15, 0.2) is 5.69 Å². The molecule has 1 saturated heterocycles. The molecule has 2 heterocycles. The molecule has 0 atom stereocenters. The van der Waals surface area contributed by atoms with Crippen molar-refractivity contribution in [3.8, 4) is 0 Å². The number of carbonyl (C=O) groups is 1. The Labute approximate surface area is 93.2 Å². The van der Waals surface area contributed by atoms with Crippen LogP contribution in [0.15, 0.2) is 6.20 Å². The van der Waals surface area contributed by atoms with E-state index >= 15 is 0 Å². The molecule has 88 valence electrons. The Morgan fingerprint density at radius 3 is 2.94 bits per heavy atom. The van der Waals surface area contributed by atoms with E-state index in [2.05, 4.69) is 10.3 Å². The first-order chi connectivity index (χ1) is 7.81. The minimum absolute atomic E-state index is 0.0911. The summed E-state index contributed by atoms with van der Waals surface area (Å²) in [6.45, 7) is 3.45. The highest BCUT2D eigenvalue weighted by molar-refractivity contribution is 5.91. The minimum atomic E-state index is -0.0911. The van der Waals surface area contributed by atoms with Crippen molar-refractivity contribution in [3.05, 3.63) is 11.9 Å². The molecule has 0 unspecified atom stereocenters. The molecule has 2 N–H and O–H groups in total. The predicted molar refractivity (Wildman–Crippen MR) is 55.8 cm³/mol. The van der Waals surface area contributed by atoms with Crippen molar-refractivity contribution in [1.29, 1.82) is 0 Å². The fraction of sp³-hybridized carbons (Fsp3) is 0.667. The lowest BCUT2D eigenvalue weighted by molar-refractivity contribution is 0.0299. The normalized spacial score (nSPS) is 16.4. The van der Waals surface area contributed by atoms with Crippen LogP contribution >= 0.6 is 0 Å². The fourth-order valence-corrected chi connectivity index (χ4v) is 1.57. The van der Waals surface area contributed by atoms with Crippen LogP contribution in [0.2, 0.25) is 0 Å². The largest absolute Gasteiger partial charge is 0.378 e. The first-order valence-electron chi connectivity index (χ1n) is 5.28. The Bertz CT molecular complexity index is 359. The first-order valence-corrected chi connectivity index (χ1v) is 5.28. The third kappa shape index (κ3) is 2.37. The number of morpholine rings is 1. The molecule has 1 aromatic rings. The van der Waals surface area contributed by atoms with Gasteiger partial charge < -0.3 is 15.4 Å². The second-order valence-electron chi connectivity index (χ2n) is 3.56. The molecule has 0 aliphatic carbocycles. The van der Waals surface area contributed by atoms with Gasteiger partial charge in [0, 0.05) is 19.6 Å². The zero-order valence-electron chi connectivity index (χ0n) is 9.00. The van der Waals surface area contributed by atoms with Crippen molar-refractivity contribution in [2.24, 2.45) is 5.73 Å². The maximum Gasteiger partial charge on any atom is 0.276 e. The smallest absolute Gasteiger partial charge is 0.276 e. The van der Waals surface area contributed by atoms with Crippen LogP contribution < -0.4 is 5.73 Å². The van der Waals surface area contributed by atoms with Crippen molar-refractivity contribution in [2.45, 2.75) is 6.54 Å². The van der Waals surface area contributed by atoms with E-state index < -0.39 is 0 Å². The summed E-state index contributed by atoms with van der Waals surface area (Å²) in [5.74, 6) is -0.0911. The van der Waals surface area contributed by atoms with Crippen LogP contribution in [0, 0.1) is 0 Å². The third-order valence-corrected chi connectivity index (χ3v) is 2.41.